The maximum absolute atomic E-state index is 12.0. The number of hydrogen-bond acceptors (Lipinski definition) is 5. The van der Waals surface area contributed by atoms with Gasteiger partial charge in [0.2, 0.25) is 0 Å². The van der Waals surface area contributed by atoms with Crippen molar-refractivity contribution in [1.82, 2.24) is 0 Å². The minimum Gasteiger partial charge on any atom is -0.497 e. The molecule has 0 N–H and O–H groups in total. The number of rotatable bonds is 18. The predicted octanol–water partition coefficient (Wildman–Crippen LogP) is 9.46. The molecule has 1 heterocycles. The molecule has 226 valence electrons. The molecule has 0 bridgehead atoms. The molecule has 2 aromatic carbocycles. The third-order valence-corrected chi connectivity index (χ3v) is 7.78. The van der Waals surface area contributed by atoms with E-state index in [0.717, 1.165) is 61.3 Å². The molecule has 5 nitrogen and oxygen atoms in total. The zero-order valence-corrected chi connectivity index (χ0v) is 26.1. The van der Waals surface area contributed by atoms with Crippen LogP contribution in [-0.2, 0) is 16.0 Å². The highest BCUT2D eigenvalue weighted by Gasteiger charge is 2.32. The topological polar surface area (TPSA) is 54.0 Å². The SMILES string of the molecule is CCCCCCCCc1cc2c(cc1OCCCCCCOC(=O)/C=C/c1ccc(OC)cc1)C(C)CC(C)(C)O2. The Hall–Kier alpha value is -2.95. The smallest absolute Gasteiger partial charge is 0.330 e. The fraction of sp³-hybridized carbons (Fsp3) is 0.583. The van der Waals surface area contributed by atoms with Crippen molar-refractivity contribution in [3.63, 3.8) is 0 Å². The van der Waals surface area contributed by atoms with Crippen molar-refractivity contribution in [3.05, 3.63) is 59.2 Å². The van der Waals surface area contributed by atoms with Crippen LogP contribution in [0.5, 0.6) is 17.2 Å². The minimum atomic E-state index is -0.309. The molecular weight excluding hydrogens is 512 g/mol. The van der Waals surface area contributed by atoms with E-state index >= 15 is 0 Å². The van der Waals surface area contributed by atoms with Gasteiger partial charge in [-0.15, -0.1) is 0 Å². The summed E-state index contributed by atoms with van der Waals surface area (Å²) in [5.74, 6) is 3.00. The van der Waals surface area contributed by atoms with Gasteiger partial charge < -0.3 is 18.9 Å². The first kappa shape index (κ1) is 32.6. The van der Waals surface area contributed by atoms with E-state index in [9.17, 15) is 4.79 Å². The van der Waals surface area contributed by atoms with Crippen LogP contribution in [0.15, 0.2) is 42.5 Å². The Bertz CT molecular complexity index is 1090. The lowest BCUT2D eigenvalue weighted by molar-refractivity contribution is -0.137. The van der Waals surface area contributed by atoms with E-state index in [-0.39, 0.29) is 11.6 Å². The molecule has 0 spiro atoms. The van der Waals surface area contributed by atoms with Gasteiger partial charge in [-0.25, -0.2) is 4.79 Å². The summed E-state index contributed by atoms with van der Waals surface area (Å²) in [6.45, 7) is 10.1. The average molecular weight is 565 g/mol. The molecule has 0 amide bonds. The third-order valence-electron chi connectivity index (χ3n) is 7.78. The summed E-state index contributed by atoms with van der Waals surface area (Å²) in [7, 11) is 1.63. The molecule has 2 aromatic rings. The summed E-state index contributed by atoms with van der Waals surface area (Å²) in [6.07, 6.45) is 16.9. The number of ether oxygens (including phenoxy) is 4. The van der Waals surface area contributed by atoms with Gasteiger partial charge in [-0.05, 0) is 106 Å². The maximum atomic E-state index is 12.0. The number of carbonyl (C=O) groups is 1. The van der Waals surface area contributed by atoms with E-state index in [2.05, 4.69) is 39.8 Å². The highest BCUT2D eigenvalue weighted by Crippen LogP contribution is 2.43. The molecule has 1 unspecified atom stereocenters. The van der Waals surface area contributed by atoms with Crippen LogP contribution in [0.3, 0.4) is 0 Å². The van der Waals surface area contributed by atoms with Gasteiger partial charge >= 0.3 is 5.97 Å². The van der Waals surface area contributed by atoms with Gasteiger partial charge in [0.1, 0.15) is 22.8 Å². The molecule has 0 aliphatic carbocycles. The standard InChI is InChI=1S/C36H52O5/c1-6-7-8-9-10-13-16-30-25-34-32(28(2)27-36(3,4)41-34)26-33(30)39-23-14-11-12-15-24-40-35(37)22-19-29-17-20-31(38-5)21-18-29/h17-22,25-26,28H,6-16,23-24,27H2,1-5H3/b22-19+. The monoisotopic (exact) mass is 564 g/mol. The van der Waals surface area contributed by atoms with Gasteiger partial charge in [0.25, 0.3) is 0 Å². The second-order valence-corrected chi connectivity index (χ2v) is 12.0. The first-order valence-electron chi connectivity index (χ1n) is 15.8. The zero-order chi connectivity index (χ0) is 29.5. The first-order chi connectivity index (χ1) is 19.8. The lowest BCUT2D eigenvalue weighted by atomic mass is 9.84. The van der Waals surface area contributed by atoms with Crippen molar-refractivity contribution in [3.8, 4) is 17.2 Å². The van der Waals surface area contributed by atoms with Crippen molar-refractivity contribution in [2.24, 2.45) is 0 Å². The third kappa shape index (κ3) is 11.4. The number of methoxy groups -OCH3 is 1. The van der Waals surface area contributed by atoms with Crippen LogP contribution in [0.1, 0.15) is 121 Å². The number of hydrogen-bond donors (Lipinski definition) is 0. The second-order valence-electron chi connectivity index (χ2n) is 12.0. The number of aryl methyl sites for hydroxylation is 1. The van der Waals surface area contributed by atoms with E-state index in [1.54, 1.807) is 13.2 Å². The average Bonchev–Trinajstić information content (AvgIpc) is 2.95. The number of carbonyl (C=O) groups excluding carboxylic acids is 1. The molecule has 1 aliphatic heterocycles. The Balaban J connectivity index is 1.40. The van der Waals surface area contributed by atoms with Crippen LogP contribution in [0.4, 0.5) is 0 Å². The Labute approximate surface area is 248 Å². The van der Waals surface area contributed by atoms with Gasteiger partial charge in [-0.3, -0.25) is 0 Å². The number of benzene rings is 2. The predicted molar refractivity (Wildman–Crippen MR) is 168 cm³/mol. The zero-order valence-electron chi connectivity index (χ0n) is 26.1. The number of esters is 1. The van der Waals surface area contributed by atoms with Gasteiger partial charge in [-0.1, -0.05) is 58.1 Å². The molecule has 0 saturated carbocycles. The lowest BCUT2D eigenvalue weighted by Crippen LogP contribution is -2.34. The van der Waals surface area contributed by atoms with Crippen molar-refractivity contribution in [2.75, 3.05) is 20.3 Å². The van der Waals surface area contributed by atoms with Crippen LogP contribution >= 0.6 is 0 Å². The van der Waals surface area contributed by atoms with Crippen LogP contribution in [0, 0.1) is 0 Å². The highest BCUT2D eigenvalue weighted by molar-refractivity contribution is 5.87. The van der Waals surface area contributed by atoms with Crippen LogP contribution in [0.2, 0.25) is 0 Å². The van der Waals surface area contributed by atoms with Crippen molar-refractivity contribution < 1.29 is 23.7 Å². The number of fused-ring (bicyclic) bond motifs is 1. The first-order valence-corrected chi connectivity index (χ1v) is 15.8. The molecule has 1 atom stereocenters. The summed E-state index contributed by atoms with van der Waals surface area (Å²) < 4.78 is 23.3. The Morgan fingerprint density at radius 2 is 1.63 bits per heavy atom. The van der Waals surface area contributed by atoms with Gasteiger partial charge in [-0.2, -0.15) is 0 Å². The largest absolute Gasteiger partial charge is 0.497 e. The Morgan fingerprint density at radius 3 is 2.37 bits per heavy atom. The normalized spacial score (nSPS) is 15.8. The fourth-order valence-corrected chi connectivity index (χ4v) is 5.54. The van der Waals surface area contributed by atoms with E-state index in [1.165, 1.54) is 55.7 Å². The molecule has 0 fully saturated rings. The van der Waals surface area contributed by atoms with Crippen molar-refractivity contribution in [2.45, 2.75) is 116 Å². The molecule has 41 heavy (non-hydrogen) atoms. The fourth-order valence-electron chi connectivity index (χ4n) is 5.54. The summed E-state index contributed by atoms with van der Waals surface area (Å²) in [5.41, 5.74) is 3.35. The molecule has 0 saturated heterocycles. The van der Waals surface area contributed by atoms with E-state index in [4.69, 9.17) is 18.9 Å². The van der Waals surface area contributed by atoms with Crippen LogP contribution in [-0.4, -0.2) is 31.9 Å². The second kappa shape index (κ2) is 17.1. The summed E-state index contributed by atoms with van der Waals surface area (Å²) in [4.78, 5) is 12.0. The van der Waals surface area contributed by atoms with Crippen LogP contribution in [0.25, 0.3) is 6.08 Å². The van der Waals surface area contributed by atoms with E-state index < -0.39 is 0 Å². The maximum Gasteiger partial charge on any atom is 0.330 e. The van der Waals surface area contributed by atoms with E-state index in [0.29, 0.717) is 19.1 Å². The summed E-state index contributed by atoms with van der Waals surface area (Å²) >= 11 is 0. The Kier molecular flexibility index (Phi) is 13.6. The van der Waals surface area contributed by atoms with Crippen molar-refractivity contribution >= 4 is 12.0 Å². The molecular formula is C36H52O5. The molecule has 1 aliphatic rings. The molecule has 3 rings (SSSR count). The van der Waals surface area contributed by atoms with Gasteiger partial charge in [0.05, 0.1) is 20.3 Å². The van der Waals surface area contributed by atoms with E-state index in [1.807, 2.05) is 24.3 Å². The quantitative estimate of drug-likeness (QED) is 0.103. The minimum absolute atomic E-state index is 0.132. The Morgan fingerprint density at radius 1 is 0.951 bits per heavy atom. The van der Waals surface area contributed by atoms with Gasteiger partial charge in [0.15, 0.2) is 0 Å². The van der Waals surface area contributed by atoms with Gasteiger partial charge in [0, 0.05) is 11.6 Å². The lowest BCUT2D eigenvalue weighted by Gasteiger charge is -2.37. The summed E-state index contributed by atoms with van der Waals surface area (Å²) in [5, 5.41) is 0. The molecule has 5 heteroatoms. The summed E-state index contributed by atoms with van der Waals surface area (Å²) in [6, 6.07) is 12.0. The highest BCUT2D eigenvalue weighted by atomic mass is 16.5. The number of unbranched alkanes of at least 4 members (excludes halogenated alkanes) is 8. The van der Waals surface area contributed by atoms with Crippen LogP contribution < -0.4 is 14.2 Å². The van der Waals surface area contributed by atoms with Crippen molar-refractivity contribution in [1.29, 1.82) is 0 Å². The molecule has 0 aromatic heterocycles. The molecule has 0 radical (unpaired) electrons.